The molecule has 5 rings (SSSR count). The summed E-state index contributed by atoms with van der Waals surface area (Å²) >= 11 is 0. The quantitative estimate of drug-likeness (QED) is 0.231. The topological polar surface area (TPSA) is 12.4 Å². The van der Waals surface area contributed by atoms with Crippen molar-refractivity contribution in [1.82, 2.24) is 0 Å². The molecular weight excluding hydrogens is 470 g/mol. The lowest BCUT2D eigenvalue weighted by Gasteiger charge is -2.40. The van der Waals surface area contributed by atoms with Gasteiger partial charge >= 0.3 is 0 Å². The van der Waals surface area contributed by atoms with Crippen LogP contribution in [0.15, 0.2) is 143 Å². The highest BCUT2D eigenvalue weighted by Gasteiger charge is 2.48. The van der Waals surface area contributed by atoms with Crippen molar-refractivity contribution in [3.05, 3.63) is 149 Å². The van der Waals surface area contributed by atoms with Crippen molar-refractivity contribution in [3.8, 4) is 0 Å². The summed E-state index contributed by atoms with van der Waals surface area (Å²) in [7, 11) is 0. The maximum absolute atomic E-state index is 5.22. The third-order valence-electron chi connectivity index (χ3n) is 8.17. The fourth-order valence-electron chi connectivity index (χ4n) is 6.63. The number of allylic oxidation sites excluding steroid dienone is 17. The van der Waals surface area contributed by atoms with E-state index in [2.05, 4.69) is 118 Å². The van der Waals surface area contributed by atoms with Crippen molar-refractivity contribution >= 4 is 11.3 Å². The first-order valence-electron chi connectivity index (χ1n) is 14.6. The van der Waals surface area contributed by atoms with Gasteiger partial charge in [-0.3, -0.25) is 4.99 Å². The predicted octanol–water partition coefficient (Wildman–Crippen LogP) is 10.3. The Morgan fingerprint density at radius 2 is 1.77 bits per heavy atom. The van der Waals surface area contributed by atoms with Gasteiger partial charge < -0.3 is 0 Å². The number of benzene rings is 1. The lowest BCUT2D eigenvalue weighted by molar-refractivity contribution is 0.642. The molecular formula is C38H41N. The number of fused-ring (bicyclic) bond motifs is 2. The van der Waals surface area contributed by atoms with Crippen molar-refractivity contribution in [2.24, 2.45) is 10.9 Å². The molecule has 0 bridgehead atoms. The zero-order valence-corrected chi connectivity index (χ0v) is 23.6. The zero-order chi connectivity index (χ0) is 27.2. The zero-order valence-electron chi connectivity index (χ0n) is 23.6. The van der Waals surface area contributed by atoms with Gasteiger partial charge in [0.25, 0.3) is 0 Å². The largest absolute Gasteiger partial charge is 0.254 e. The third-order valence-corrected chi connectivity index (χ3v) is 8.17. The highest BCUT2D eigenvalue weighted by molar-refractivity contribution is 6.01. The van der Waals surface area contributed by atoms with Crippen molar-refractivity contribution in [1.29, 1.82) is 0 Å². The molecule has 0 N–H and O–H groups in total. The third kappa shape index (κ3) is 5.28. The molecule has 0 radical (unpaired) electrons. The molecule has 1 heteroatoms. The maximum atomic E-state index is 5.22. The molecule has 0 fully saturated rings. The average molecular weight is 512 g/mol. The molecule has 0 saturated heterocycles. The molecule has 1 unspecified atom stereocenters. The van der Waals surface area contributed by atoms with Gasteiger partial charge in [-0.05, 0) is 90.4 Å². The summed E-state index contributed by atoms with van der Waals surface area (Å²) in [6.45, 7) is 13.1. The van der Waals surface area contributed by atoms with Crippen LogP contribution in [-0.4, -0.2) is 5.71 Å². The molecule has 0 aromatic heterocycles. The monoisotopic (exact) mass is 511 g/mol. The Hall–Kier alpha value is -3.71. The Labute approximate surface area is 235 Å². The van der Waals surface area contributed by atoms with Gasteiger partial charge in [-0.15, -0.1) is 0 Å². The Bertz CT molecular complexity index is 1420. The summed E-state index contributed by atoms with van der Waals surface area (Å²) in [5.41, 5.74) is 11.3. The Balaban J connectivity index is 1.73. The summed E-state index contributed by atoms with van der Waals surface area (Å²) in [6, 6.07) is 9.01. The van der Waals surface area contributed by atoms with Crippen LogP contribution in [-0.2, 0) is 5.41 Å². The molecule has 1 nitrogen and oxygen atoms in total. The van der Waals surface area contributed by atoms with Gasteiger partial charge in [0.15, 0.2) is 0 Å². The van der Waals surface area contributed by atoms with Crippen LogP contribution in [0.25, 0.3) is 5.57 Å². The van der Waals surface area contributed by atoms with E-state index >= 15 is 0 Å². The predicted molar refractivity (Wildman–Crippen MR) is 170 cm³/mol. The van der Waals surface area contributed by atoms with E-state index in [1.165, 1.54) is 44.7 Å². The average Bonchev–Trinajstić information content (AvgIpc) is 3.27. The minimum Gasteiger partial charge on any atom is -0.254 e. The Morgan fingerprint density at radius 1 is 1.00 bits per heavy atom. The molecule has 0 aliphatic heterocycles. The minimum atomic E-state index is -0.329. The highest BCUT2D eigenvalue weighted by atomic mass is 14.8. The number of hydrogen-bond acceptors (Lipinski definition) is 1. The van der Waals surface area contributed by atoms with Crippen molar-refractivity contribution in [2.45, 2.75) is 64.2 Å². The molecule has 39 heavy (non-hydrogen) atoms. The van der Waals surface area contributed by atoms with E-state index in [9.17, 15) is 0 Å². The van der Waals surface area contributed by atoms with E-state index in [-0.39, 0.29) is 5.41 Å². The van der Waals surface area contributed by atoms with E-state index in [4.69, 9.17) is 4.99 Å². The summed E-state index contributed by atoms with van der Waals surface area (Å²) < 4.78 is 0. The summed E-state index contributed by atoms with van der Waals surface area (Å²) in [5, 5.41) is 0. The van der Waals surface area contributed by atoms with Crippen LogP contribution >= 0.6 is 0 Å². The van der Waals surface area contributed by atoms with E-state index in [1.54, 1.807) is 0 Å². The van der Waals surface area contributed by atoms with Crippen molar-refractivity contribution < 1.29 is 0 Å². The number of rotatable bonds is 9. The fourth-order valence-corrected chi connectivity index (χ4v) is 6.63. The number of aliphatic imine (C=N–C) groups is 1. The number of hydrogen-bond donors (Lipinski definition) is 0. The van der Waals surface area contributed by atoms with Gasteiger partial charge in [0, 0.05) is 5.71 Å². The van der Waals surface area contributed by atoms with Crippen LogP contribution in [0.2, 0.25) is 0 Å². The molecule has 0 spiro atoms. The molecule has 0 heterocycles. The molecule has 4 aliphatic rings. The first kappa shape index (κ1) is 26.9. The standard InChI is InChI=1S/C38H41N/c1-5-6-19-32(27-29(4)39-37(26-28(2)3)30-17-9-7-10-18-30)38(31-20-11-8-12-21-31)35-24-15-13-22-33(35)34-23-14-16-25-36(34)38/h5-9,11,13-15,17,19-20,22-24,27-28H,1,4,10,12,16,18,21,25-26H2,2-3H3/b19-6-,32-27?,39-37?. The minimum absolute atomic E-state index is 0.329. The second kappa shape index (κ2) is 12.0. The highest BCUT2D eigenvalue weighted by Crippen LogP contribution is 2.59. The molecule has 0 amide bonds. The van der Waals surface area contributed by atoms with Crippen molar-refractivity contribution in [3.63, 3.8) is 0 Å². The molecule has 1 atom stereocenters. The molecule has 198 valence electrons. The van der Waals surface area contributed by atoms with Crippen LogP contribution < -0.4 is 0 Å². The SMILES string of the molecule is C=C/C=C\C(=CC(=C)N=C(CC(C)C)C1=CC=CCC1)C1(C2=CC=CCC2)C2=C(C=CCC2)c2ccccc21. The lowest BCUT2D eigenvalue weighted by atomic mass is 9.62. The van der Waals surface area contributed by atoms with Crippen LogP contribution in [0.4, 0.5) is 0 Å². The maximum Gasteiger partial charge on any atom is 0.0640 e. The van der Waals surface area contributed by atoms with E-state index < -0.39 is 0 Å². The van der Waals surface area contributed by atoms with Gasteiger partial charge in [0.1, 0.15) is 0 Å². The summed E-state index contributed by atoms with van der Waals surface area (Å²) in [6.07, 6.45) is 34.0. The van der Waals surface area contributed by atoms with E-state index in [1.807, 2.05) is 6.08 Å². The second-order valence-electron chi connectivity index (χ2n) is 11.3. The first-order chi connectivity index (χ1) is 19.1. The van der Waals surface area contributed by atoms with Crippen LogP contribution in [0, 0.1) is 5.92 Å². The van der Waals surface area contributed by atoms with Gasteiger partial charge in [-0.25, -0.2) is 0 Å². The normalized spacial score (nSPS) is 22.7. The summed E-state index contributed by atoms with van der Waals surface area (Å²) in [5.74, 6) is 0.529. The molecule has 4 aliphatic carbocycles. The van der Waals surface area contributed by atoms with E-state index in [0.29, 0.717) is 5.92 Å². The molecule has 0 saturated carbocycles. The van der Waals surface area contributed by atoms with Gasteiger partial charge in [-0.1, -0.05) is 124 Å². The first-order valence-corrected chi connectivity index (χ1v) is 14.6. The van der Waals surface area contributed by atoms with Gasteiger partial charge in [0.05, 0.1) is 11.1 Å². The lowest BCUT2D eigenvalue weighted by Crippen LogP contribution is -2.32. The smallest absolute Gasteiger partial charge is 0.0640 e. The van der Waals surface area contributed by atoms with Gasteiger partial charge in [-0.2, -0.15) is 0 Å². The Morgan fingerprint density at radius 3 is 2.49 bits per heavy atom. The van der Waals surface area contributed by atoms with Crippen LogP contribution in [0.1, 0.15) is 69.9 Å². The van der Waals surface area contributed by atoms with Crippen molar-refractivity contribution in [2.75, 3.05) is 0 Å². The van der Waals surface area contributed by atoms with Crippen LogP contribution in [0.5, 0.6) is 0 Å². The number of nitrogens with zero attached hydrogens (tertiary/aromatic N) is 1. The molecule has 1 aromatic carbocycles. The summed E-state index contributed by atoms with van der Waals surface area (Å²) in [4.78, 5) is 5.22. The fraction of sp³-hybridized carbons (Fsp3) is 0.289. The van der Waals surface area contributed by atoms with Crippen LogP contribution in [0.3, 0.4) is 0 Å². The van der Waals surface area contributed by atoms with Gasteiger partial charge in [0.2, 0.25) is 0 Å². The second-order valence-corrected chi connectivity index (χ2v) is 11.3. The molecule has 1 aromatic rings. The Kier molecular flexibility index (Phi) is 8.27. The van der Waals surface area contributed by atoms with E-state index in [0.717, 1.165) is 50.6 Å².